The Labute approximate surface area is 110 Å². The van der Waals surface area contributed by atoms with Crippen LogP contribution in [0.1, 0.15) is 5.56 Å². The Morgan fingerprint density at radius 2 is 2.11 bits per heavy atom. The molecular weight excluding hydrogens is 248 g/mol. The lowest BCUT2D eigenvalue weighted by Gasteiger charge is -2.13. The van der Waals surface area contributed by atoms with Crippen molar-refractivity contribution in [3.05, 3.63) is 53.3 Å². The van der Waals surface area contributed by atoms with E-state index in [9.17, 15) is 0 Å². The standard InChI is InChI=1S/C13H13ClN4/c14-9-3-4-11-10(7-9)13(16-8-12(15)17-11)18-5-1-2-6-18/h1-7,12,17H,8,15H2. The lowest BCUT2D eigenvalue weighted by Crippen LogP contribution is -2.31. The lowest BCUT2D eigenvalue weighted by atomic mass is 10.1. The van der Waals surface area contributed by atoms with Crippen molar-refractivity contribution >= 4 is 23.1 Å². The monoisotopic (exact) mass is 260 g/mol. The number of halogens is 1. The van der Waals surface area contributed by atoms with Crippen LogP contribution in [0, 0.1) is 0 Å². The molecule has 1 aliphatic rings. The highest BCUT2D eigenvalue weighted by atomic mass is 35.5. The number of fused-ring (bicyclic) bond motifs is 1. The van der Waals surface area contributed by atoms with Crippen molar-refractivity contribution in [2.75, 3.05) is 11.9 Å². The molecule has 3 rings (SSSR count). The number of rotatable bonds is 0. The van der Waals surface area contributed by atoms with Gasteiger partial charge in [0, 0.05) is 28.7 Å². The van der Waals surface area contributed by atoms with E-state index in [1.54, 1.807) is 0 Å². The van der Waals surface area contributed by atoms with Gasteiger partial charge in [-0.2, -0.15) is 0 Å². The number of benzodiazepines with no additional fused rings is 1. The first kappa shape index (κ1) is 11.3. The third-order valence-corrected chi connectivity index (χ3v) is 3.09. The molecule has 0 bridgehead atoms. The molecule has 0 saturated carbocycles. The number of hydrogen-bond acceptors (Lipinski definition) is 3. The average molecular weight is 261 g/mol. The number of nitrogens with two attached hydrogens (primary N) is 1. The highest BCUT2D eigenvalue weighted by Crippen LogP contribution is 2.24. The minimum absolute atomic E-state index is 0.182. The highest BCUT2D eigenvalue weighted by Gasteiger charge is 2.17. The largest absolute Gasteiger partial charge is 0.368 e. The summed E-state index contributed by atoms with van der Waals surface area (Å²) in [5.74, 6) is 0.859. The summed E-state index contributed by atoms with van der Waals surface area (Å²) in [7, 11) is 0. The first-order valence-corrected chi connectivity index (χ1v) is 6.12. The molecule has 4 nitrogen and oxygen atoms in total. The zero-order valence-electron chi connectivity index (χ0n) is 9.68. The molecule has 0 radical (unpaired) electrons. The molecule has 1 aromatic heterocycles. The second kappa shape index (κ2) is 4.48. The van der Waals surface area contributed by atoms with Gasteiger partial charge in [-0.05, 0) is 30.3 Å². The minimum atomic E-state index is -0.182. The molecule has 0 fully saturated rings. The van der Waals surface area contributed by atoms with Gasteiger partial charge in [-0.1, -0.05) is 11.6 Å². The molecule has 2 aromatic rings. The molecule has 1 aliphatic heterocycles. The fraction of sp³-hybridized carbons (Fsp3) is 0.154. The van der Waals surface area contributed by atoms with Crippen LogP contribution in [-0.2, 0) is 0 Å². The van der Waals surface area contributed by atoms with E-state index in [4.69, 9.17) is 17.3 Å². The van der Waals surface area contributed by atoms with Crippen molar-refractivity contribution in [2.24, 2.45) is 10.7 Å². The number of benzene rings is 1. The third kappa shape index (κ3) is 2.00. The van der Waals surface area contributed by atoms with Gasteiger partial charge < -0.3 is 15.6 Å². The molecule has 1 aromatic carbocycles. The van der Waals surface area contributed by atoms with Crippen molar-refractivity contribution in [1.29, 1.82) is 0 Å². The predicted octanol–water partition coefficient (Wildman–Crippen LogP) is 2.15. The van der Waals surface area contributed by atoms with Gasteiger partial charge in [-0.3, -0.25) is 4.99 Å². The van der Waals surface area contributed by atoms with Crippen LogP contribution in [0.5, 0.6) is 0 Å². The minimum Gasteiger partial charge on any atom is -0.368 e. The van der Waals surface area contributed by atoms with Crippen LogP contribution in [0.25, 0.3) is 0 Å². The SMILES string of the molecule is NC1CN=C(n2cccc2)c2cc(Cl)ccc2N1. The van der Waals surface area contributed by atoms with Crippen molar-refractivity contribution in [2.45, 2.75) is 6.17 Å². The van der Waals surface area contributed by atoms with Gasteiger partial charge >= 0.3 is 0 Å². The van der Waals surface area contributed by atoms with Gasteiger partial charge in [0.2, 0.25) is 0 Å². The normalized spacial score (nSPS) is 18.6. The van der Waals surface area contributed by atoms with E-state index in [0.29, 0.717) is 11.6 Å². The molecule has 0 aliphatic carbocycles. The first-order valence-electron chi connectivity index (χ1n) is 5.74. The van der Waals surface area contributed by atoms with Crippen molar-refractivity contribution < 1.29 is 0 Å². The van der Waals surface area contributed by atoms with Gasteiger partial charge in [0.25, 0.3) is 0 Å². The Bertz CT molecular complexity index is 589. The molecule has 0 spiro atoms. The van der Waals surface area contributed by atoms with Gasteiger partial charge in [0.05, 0.1) is 12.7 Å². The summed E-state index contributed by atoms with van der Waals surface area (Å²) < 4.78 is 1.97. The average Bonchev–Trinajstić information content (AvgIpc) is 2.81. The maximum Gasteiger partial charge on any atom is 0.141 e. The molecule has 5 heteroatoms. The summed E-state index contributed by atoms with van der Waals surface area (Å²) in [5.41, 5.74) is 7.86. The Morgan fingerprint density at radius 3 is 2.89 bits per heavy atom. The predicted molar refractivity (Wildman–Crippen MR) is 74.3 cm³/mol. The van der Waals surface area contributed by atoms with Gasteiger partial charge in [-0.25, -0.2) is 0 Å². The summed E-state index contributed by atoms with van der Waals surface area (Å²) in [6.45, 7) is 0.528. The highest BCUT2D eigenvalue weighted by molar-refractivity contribution is 6.31. The van der Waals surface area contributed by atoms with Gasteiger partial charge in [0.1, 0.15) is 5.84 Å². The second-order valence-corrected chi connectivity index (χ2v) is 4.63. The Balaban J connectivity index is 2.17. The molecule has 1 atom stereocenters. The molecular formula is C13H13ClN4. The molecule has 92 valence electrons. The zero-order chi connectivity index (χ0) is 12.5. The summed E-state index contributed by atoms with van der Waals surface area (Å²) in [4.78, 5) is 4.56. The molecule has 1 unspecified atom stereocenters. The van der Waals surface area contributed by atoms with Crippen molar-refractivity contribution in [3.63, 3.8) is 0 Å². The quantitative estimate of drug-likeness (QED) is 0.763. The van der Waals surface area contributed by atoms with E-state index < -0.39 is 0 Å². The number of anilines is 1. The van der Waals surface area contributed by atoms with E-state index >= 15 is 0 Å². The number of hydrogen-bond donors (Lipinski definition) is 2. The molecule has 2 heterocycles. The Hall–Kier alpha value is -1.78. The first-order chi connectivity index (χ1) is 8.74. The topological polar surface area (TPSA) is 55.3 Å². The van der Waals surface area contributed by atoms with E-state index in [1.807, 2.05) is 47.3 Å². The Morgan fingerprint density at radius 1 is 1.33 bits per heavy atom. The fourth-order valence-electron chi connectivity index (χ4n) is 2.04. The number of nitrogens with zero attached hydrogens (tertiary/aromatic N) is 2. The van der Waals surface area contributed by atoms with Crippen LogP contribution in [0.3, 0.4) is 0 Å². The van der Waals surface area contributed by atoms with Crippen molar-refractivity contribution in [1.82, 2.24) is 4.57 Å². The van der Waals surface area contributed by atoms with Crippen LogP contribution in [0.2, 0.25) is 5.02 Å². The summed E-state index contributed by atoms with van der Waals surface area (Å²) >= 11 is 6.07. The van der Waals surface area contributed by atoms with Crippen LogP contribution >= 0.6 is 11.6 Å². The molecule has 0 saturated heterocycles. The lowest BCUT2D eigenvalue weighted by molar-refractivity contribution is 0.772. The molecule has 18 heavy (non-hydrogen) atoms. The number of aliphatic imine (C=N–C) groups is 1. The van der Waals surface area contributed by atoms with E-state index in [1.165, 1.54) is 0 Å². The van der Waals surface area contributed by atoms with E-state index in [-0.39, 0.29) is 6.17 Å². The summed E-state index contributed by atoms with van der Waals surface area (Å²) in [5, 5.41) is 3.92. The molecule has 3 N–H and O–H groups in total. The fourth-order valence-corrected chi connectivity index (χ4v) is 2.21. The van der Waals surface area contributed by atoms with Gasteiger partial charge in [0.15, 0.2) is 0 Å². The van der Waals surface area contributed by atoms with E-state index in [2.05, 4.69) is 10.3 Å². The smallest absolute Gasteiger partial charge is 0.141 e. The van der Waals surface area contributed by atoms with Crippen LogP contribution in [0.4, 0.5) is 5.69 Å². The summed E-state index contributed by atoms with van der Waals surface area (Å²) in [6.07, 6.45) is 3.73. The van der Waals surface area contributed by atoms with Gasteiger partial charge in [-0.15, -0.1) is 0 Å². The Kier molecular flexibility index (Phi) is 2.81. The second-order valence-electron chi connectivity index (χ2n) is 4.20. The van der Waals surface area contributed by atoms with E-state index in [0.717, 1.165) is 17.1 Å². The maximum atomic E-state index is 6.07. The summed E-state index contributed by atoms with van der Waals surface area (Å²) in [6, 6.07) is 9.61. The zero-order valence-corrected chi connectivity index (χ0v) is 10.4. The third-order valence-electron chi connectivity index (χ3n) is 2.85. The van der Waals surface area contributed by atoms with Crippen LogP contribution in [-0.4, -0.2) is 23.1 Å². The van der Waals surface area contributed by atoms with Crippen LogP contribution < -0.4 is 11.1 Å². The number of nitrogens with one attached hydrogen (secondary N) is 1. The van der Waals surface area contributed by atoms with Crippen molar-refractivity contribution in [3.8, 4) is 0 Å². The maximum absolute atomic E-state index is 6.07. The van der Waals surface area contributed by atoms with Crippen LogP contribution in [0.15, 0.2) is 47.7 Å². The number of aromatic nitrogens is 1. The molecule has 0 amide bonds.